The van der Waals surface area contributed by atoms with Gasteiger partial charge in [-0.1, -0.05) is 46.8 Å². The smallest absolute Gasteiger partial charge is 0.481 e. The Morgan fingerprint density at radius 2 is 1.12 bits per heavy atom. The number of pyridine rings is 1. The first-order valence-electron chi connectivity index (χ1n) is 41.7. The molecule has 122 heavy (non-hydrogen) atoms. The Morgan fingerprint density at radius 3 is 1.65 bits per heavy atom. The van der Waals surface area contributed by atoms with Crippen molar-refractivity contribution in [3.63, 3.8) is 0 Å². The van der Waals surface area contributed by atoms with Crippen LogP contribution >= 0.6 is 11.8 Å². The van der Waals surface area contributed by atoms with Crippen molar-refractivity contribution in [2.24, 2.45) is 11.8 Å². The minimum atomic E-state index is -0.945. The SMILES string of the molecule is CCC(=O)C1CCC(CN2C(=O)CC(SCCNC(=O)CCCC(=O)OCC(CC)OC(CO)OC)C2=O)CC1.CCC(CO)OC(CO)OC.CCC(CO)OC(COC(=O)CCCC(=O)NCCCCOC(=O)Oc1cccc(-c2nc(N3CCOCC3)c3oc4ncccc4c3n2)c1)OC.CCC(CO)OC(COC(=O)CCCC(=O)O)OC. The highest BCUT2D eigenvalue weighted by molar-refractivity contribution is 8.00. The van der Waals surface area contributed by atoms with Crippen LogP contribution in [-0.2, 0) is 105 Å². The molecule has 8 N–H and O–H groups in total. The number of aliphatic hydroxyl groups is 5. The van der Waals surface area contributed by atoms with Gasteiger partial charge in [0.25, 0.3) is 0 Å². The van der Waals surface area contributed by atoms with E-state index in [-0.39, 0.29) is 164 Å². The molecular formula is C83H129N7O31S. The van der Waals surface area contributed by atoms with Gasteiger partial charge in [-0.2, -0.15) is 0 Å². The number of thioether (sulfide) groups is 1. The number of nitrogens with zero attached hydrogens (tertiary/aromatic N) is 5. The minimum Gasteiger partial charge on any atom is -0.481 e. The van der Waals surface area contributed by atoms with Crippen molar-refractivity contribution in [2.75, 3.05) is 144 Å². The Hall–Kier alpha value is -8.26. The van der Waals surface area contributed by atoms with Gasteiger partial charge in [-0.15, -0.1) is 11.8 Å². The number of hydrogen-bond acceptors (Lipinski definition) is 35. The molecule has 5 heterocycles. The van der Waals surface area contributed by atoms with Gasteiger partial charge in [-0.05, 0) is 114 Å². The number of carboxylic acids is 1. The number of aliphatic hydroxyl groups excluding tert-OH is 5. The second-order valence-electron chi connectivity index (χ2n) is 28.4. The van der Waals surface area contributed by atoms with Gasteiger partial charge in [0.15, 0.2) is 42.4 Å². The number of imide groups is 1. The molecule has 688 valence electrons. The van der Waals surface area contributed by atoms with E-state index in [2.05, 4.69) is 20.5 Å². The van der Waals surface area contributed by atoms with Crippen LogP contribution in [0, 0.1) is 11.8 Å². The lowest BCUT2D eigenvalue weighted by Crippen LogP contribution is -2.37. The Balaban J connectivity index is 0.000000391. The van der Waals surface area contributed by atoms with Crippen LogP contribution in [-0.4, -0.2) is 304 Å². The lowest BCUT2D eigenvalue weighted by molar-refractivity contribution is -0.194. The molecule has 7 rings (SSSR count). The van der Waals surface area contributed by atoms with Gasteiger partial charge < -0.3 is 117 Å². The number of aliphatic carboxylic acids is 1. The first-order chi connectivity index (χ1) is 58.9. The maximum atomic E-state index is 12.8. The number of anilines is 1. The minimum absolute atomic E-state index is 0.0412. The zero-order valence-electron chi connectivity index (χ0n) is 71.8. The van der Waals surface area contributed by atoms with Crippen molar-refractivity contribution in [3.05, 3.63) is 42.6 Å². The topological polar surface area (TPSA) is 504 Å². The largest absolute Gasteiger partial charge is 0.513 e. The number of morpholine rings is 1. The molecule has 3 aromatic heterocycles. The van der Waals surface area contributed by atoms with Gasteiger partial charge in [0.05, 0.1) is 87.9 Å². The summed E-state index contributed by atoms with van der Waals surface area (Å²) in [6.07, 6.45) is 5.56. The molecule has 4 amide bonds. The molecule has 2 aliphatic heterocycles. The van der Waals surface area contributed by atoms with Crippen molar-refractivity contribution in [2.45, 2.75) is 224 Å². The number of likely N-dealkylation sites (tertiary alicyclic amines) is 1. The lowest BCUT2D eigenvalue weighted by Gasteiger charge is -2.30. The van der Waals surface area contributed by atoms with E-state index in [0.29, 0.717) is 149 Å². The highest BCUT2D eigenvalue weighted by Crippen LogP contribution is 2.36. The number of aromatic nitrogens is 3. The van der Waals surface area contributed by atoms with Gasteiger partial charge in [-0.25, -0.2) is 19.7 Å². The quantitative estimate of drug-likeness (QED) is 0.00571. The number of nitrogens with one attached hydrogen (secondary N) is 2. The average molecular weight is 1750 g/mol. The molecule has 1 saturated carbocycles. The highest BCUT2D eigenvalue weighted by Gasteiger charge is 2.41. The Kier molecular flexibility index (Phi) is 53.9. The summed E-state index contributed by atoms with van der Waals surface area (Å²) in [5, 5.41) is 59.0. The third kappa shape index (κ3) is 40.6. The summed E-state index contributed by atoms with van der Waals surface area (Å²) >= 11 is 1.38. The number of ether oxygens (including phenoxy) is 14. The maximum Gasteiger partial charge on any atom is 0.513 e. The first kappa shape index (κ1) is 106. The highest BCUT2D eigenvalue weighted by atomic mass is 32.2. The molecule has 39 heteroatoms. The number of hydrogen-bond donors (Lipinski definition) is 8. The van der Waals surface area contributed by atoms with Gasteiger partial charge >= 0.3 is 30.0 Å². The molecule has 0 spiro atoms. The van der Waals surface area contributed by atoms with E-state index in [0.717, 1.165) is 31.1 Å². The van der Waals surface area contributed by atoms with E-state index in [1.54, 1.807) is 24.4 Å². The fraction of sp³-hybridized carbons (Fsp3) is 0.699. The number of esters is 3. The number of carbonyl (C=O) groups excluding carboxylic acids is 9. The van der Waals surface area contributed by atoms with E-state index in [1.165, 1.54) is 45.1 Å². The monoisotopic (exact) mass is 1750 g/mol. The summed E-state index contributed by atoms with van der Waals surface area (Å²) in [7, 11) is 5.70. The Labute approximate surface area is 716 Å². The molecule has 0 radical (unpaired) electrons. The predicted molar refractivity (Wildman–Crippen MR) is 442 cm³/mol. The summed E-state index contributed by atoms with van der Waals surface area (Å²) < 4.78 is 78.8. The molecule has 9 atom stereocenters. The molecule has 4 aromatic rings. The second kappa shape index (κ2) is 61.9. The number of fused-ring (bicyclic) bond motifs is 3. The van der Waals surface area contributed by atoms with Gasteiger partial charge in [0, 0.05) is 136 Å². The zero-order chi connectivity index (χ0) is 89.6. The number of ketones is 1. The van der Waals surface area contributed by atoms with E-state index >= 15 is 0 Å². The molecule has 0 bridgehead atoms. The number of furan rings is 1. The van der Waals surface area contributed by atoms with Gasteiger partial charge in [0.2, 0.25) is 29.3 Å². The number of Topliss-reactive ketones (excluding diaryl/α,β-unsaturated/α-hetero) is 1. The van der Waals surface area contributed by atoms with Crippen molar-refractivity contribution in [3.8, 4) is 17.1 Å². The normalized spacial score (nSPS) is 17.1. The molecule has 1 aromatic carbocycles. The van der Waals surface area contributed by atoms with E-state index in [1.807, 2.05) is 52.8 Å². The predicted octanol–water partition coefficient (Wildman–Crippen LogP) is 6.67. The van der Waals surface area contributed by atoms with Crippen LogP contribution in [0.5, 0.6) is 5.75 Å². The summed E-state index contributed by atoms with van der Waals surface area (Å²) in [6.45, 7) is 12.1. The van der Waals surface area contributed by atoms with Crippen molar-refractivity contribution in [1.29, 1.82) is 0 Å². The zero-order valence-corrected chi connectivity index (χ0v) is 72.6. The van der Waals surface area contributed by atoms with Crippen LogP contribution in [0.4, 0.5) is 10.6 Å². The Bertz CT molecular complexity index is 3690. The van der Waals surface area contributed by atoms with E-state index < -0.39 is 72.7 Å². The molecule has 38 nitrogen and oxygen atoms in total. The summed E-state index contributed by atoms with van der Waals surface area (Å²) in [5.74, 6) is -0.491. The van der Waals surface area contributed by atoms with Gasteiger partial charge in [0.1, 0.15) is 36.9 Å². The number of carboxylic acid groups (broad SMARTS) is 1. The van der Waals surface area contributed by atoms with Crippen molar-refractivity contribution >= 4 is 99.2 Å². The van der Waals surface area contributed by atoms with E-state index in [9.17, 15) is 53.1 Å². The number of benzene rings is 1. The first-order valence-corrected chi connectivity index (χ1v) is 42.8. The fourth-order valence-electron chi connectivity index (χ4n) is 12.3. The van der Waals surface area contributed by atoms with E-state index in [4.69, 9.17) is 106 Å². The lowest BCUT2D eigenvalue weighted by atomic mass is 9.79. The molecule has 9 unspecified atom stereocenters. The number of methoxy groups -OCH3 is 4. The van der Waals surface area contributed by atoms with Crippen LogP contribution in [0.15, 0.2) is 47.0 Å². The number of unbranched alkanes of at least 4 members (excludes halogenated alkanes) is 1. The van der Waals surface area contributed by atoms with Gasteiger partial charge in [-0.3, -0.25) is 48.1 Å². The summed E-state index contributed by atoms with van der Waals surface area (Å²) in [4.78, 5) is 137. The number of amides is 4. The molecule has 2 saturated heterocycles. The summed E-state index contributed by atoms with van der Waals surface area (Å²) in [5.41, 5.74) is 2.30. The molecule has 3 aliphatic rings. The average Bonchev–Trinajstić information content (AvgIpc) is 1.59. The summed E-state index contributed by atoms with van der Waals surface area (Å²) in [6, 6.07) is 10.6. The standard InChI is InChI=1S/C36H45N5O11.C28H46N2O9S.C12H22O7.C7H16O4/c1-3-25(22-42)50-30(46-2)23-49-29(44)13-7-12-28(43)37-14-4-5-18-48-36(45)51-26-10-6-9-24(21-26)33-39-31-27-11-8-15-38-35(27)52-32(31)34(40-33)41-16-19-47-20-17-41;1-4-21(39-27(17-31)37-3)18-38-26(35)8-6-7-24(33)29-13-14-40-23-15-25(34)30(28(23)36)16-19-9-11-20(12-10-19)22(32)5-2;1-3-9(7-13)19-12(17-2)8-18-11(16)6-4-5-10(14)15;1-3-6(4-8)11-7(5-9)10-2/h6,8-11,15,21,25,30,42H,3-5,7,12-14,16-20,22-23H2,1-2H3,(H,37,43);19-21,23,27,31H,4-18H2,1-3H3,(H,29,33);9,12-13H,3-8H2,1-2H3,(H,14,15);6-9H,3-5H2,1-2H3. The van der Waals surface area contributed by atoms with Crippen LogP contribution in [0.2, 0.25) is 0 Å². The number of rotatable bonds is 55. The Morgan fingerprint density at radius 1 is 0.590 bits per heavy atom. The van der Waals surface area contributed by atoms with Crippen LogP contribution in [0.1, 0.15) is 169 Å². The second-order valence-corrected chi connectivity index (χ2v) is 29.7. The maximum absolute atomic E-state index is 12.8. The van der Waals surface area contributed by atoms with Crippen LogP contribution in [0.3, 0.4) is 0 Å². The third-order valence-electron chi connectivity index (χ3n) is 19.5. The van der Waals surface area contributed by atoms with Crippen molar-refractivity contribution in [1.82, 2.24) is 30.5 Å². The third-order valence-corrected chi connectivity index (χ3v) is 20.7. The molecule has 3 fully saturated rings. The van der Waals surface area contributed by atoms with Crippen molar-refractivity contribution < 1.29 is 149 Å². The fourth-order valence-corrected chi connectivity index (χ4v) is 13.3. The molecule has 1 aliphatic carbocycles. The molecular weight excluding hydrogens is 1620 g/mol. The van der Waals surface area contributed by atoms with Crippen LogP contribution < -0.4 is 20.3 Å². The number of carbonyl (C=O) groups is 10. The van der Waals surface area contributed by atoms with Crippen LogP contribution in [0.25, 0.3) is 33.6 Å².